The van der Waals surface area contributed by atoms with E-state index in [1.165, 1.54) is 12.8 Å². The number of hydrogen-bond donors (Lipinski definition) is 2. The van der Waals surface area contributed by atoms with E-state index in [0.717, 1.165) is 13.0 Å². The number of rotatable bonds is 6. The first kappa shape index (κ1) is 15.4. The quantitative estimate of drug-likeness (QED) is 0.775. The number of nitrogens with one attached hydrogen (secondary N) is 2. The molecule has 1 rings (SSSR count). The zero-order valence-corrected chi connectivity index (χ0v) is 12.3. The van der Waals surface area contributed by atoms with Crippen LogP contribution in [0.5, 0.6) is 0 Å². The summed E-state index contributed by atoms with van der Waals surface area (Å²) >= 11 is 0. The van der Waals surface area contributed by atoms with Gasteiger partial charge in [-0.1, -0.05) is 27.2 Å². The van der Waals surface area contributed by atoms with Gasteiger partial charge in [-0.15, -0.1) is 10.2 Å². The Hall–Kier alpha value is -1.65. The minimum Gasteiger partial charge on any atom is -0.369 e. The lowest BCUT2D eigenvalue weighted by molar-refractivity contribution is 0.0957. The van der Waals surface area contributed by atoms with Crippen LogP contribution in [0, 0.1) is 5.41 Å². The van der Waals surface area contributed by atoms with E-state index in [-0.39, 0.29) is 5.91 Å². The molecular formula is C14H24N4O. The molecule has 0 fully saturated rings. The van der Waals surface area contributed by atoms with Gasteiger partial charge in [-0.2, -0.15) is 0 Å². The SMILES string of the molecule is CNC(=O)c1ccc(NCCCCC(C)(C)C)nn1. The standard InChI is InChI=1S/C14H24N4O/c1-14(2,3)9-5-6-10-16-12-8-7-11(17-18-12)13(19)15-4/h7-8H,5-6,9-10H2,1-4H3,(H,15,19)(H,16,18). The third-order valence-corrected chi connectivity index (χ3v) is 2.78. The zero-order chi connectivity index (χ0) is 14.3. The van der Waals surface area contributed by atoms with Crippen molar-refractivity contribution in [1.29, 1.82) is 0 Å². The van der Waals surface area contributed by atoms with Crippen LogP contribution >= 0.6 is 0 Å². The molecule has 0 aromatic carbocycles. The molecule has 0 spiro atoms. The van der Waals surface area contributed by atoms with E-state index >= 15 is 0 Å². The van der Waals surface area contributed by atoms with Gasteiger partial charge in [0.15, 0.2) is 5.69 Å². The van der Waals surface area contributed by atoms with E-state index in [2.05, 4.69) is 41.6 Å². The van der Waals surface area contributed by atoms with Crippen molar-refractivity contribution in [2.75, 3.05) is 18.9 Å². The summed E-state index contributed by atoms with van der Waals surface area (Å²) in [5.41, 5.74) is 0.732. The molecule has 2 N–H and O–H groups in total. The molecule has 0 radical (unpaired) electrons. The lowest BCUT2D eigenvalue weighted by Gasteiger charge is -2.17. The highest BCUT2D eigenvalue weighted by Gasteiger charge is 2.09. The molecule has 0 saturated heterocycles. The van der Waals surface area contributed by atoms with Crippen LogP contribution < -0.4 is 10.6 Å². The maximum atomic E-state index is 11.3. The molecule has 0 aliphatic heterocycles. The predicted octanol–water partition coefficient (Wildman–Crippen LogP) is 2.46. The summed E-state index contributed by atoms with van der Waals surface area (Å²) in [7, 11) is 1.57. The zero-order valence-electron chi connectivity index (χ0n) is 12.3. The molecule has 5 heteroatoms. The minimum absolute atomic E-state index is 0.218. The summed E-state index contributed by atoms with van der Waals surface area (Å²) in [6, 6.07) is 3.45. The van der Waals surface area contributed by atoms with Gasteiger partial charge in [0, 0.05) is 13.6 Å². The van der Waals surface area contributed by atoms with E-state index in [9.17, 15) is 4.79 Å². The van der Waals surface area contributed by atoms with Crippen molar-refractivity contribution in [2.24, 2.45) is 5.41 Å². The summed E-state index contributed by atoms with van der Waals surface area (Å²) in [4.78, 5) is 11.3. The van der Waals surface area contributed by atoms with Crippen LogP contribution in [0.2, 0.25) is 0 Å². The van der Waals surface area contributed by atoms with Crippen LogP contribution in [-0.2, 0) is 0 Å². The molecule has 0 bridgehead atoms. The van der Waals surface area contributed by atoms with Gasteiger partial charge in [0.2, 0.25) is 0 Å². The van der Waals surface area contributed by atoms with Crippen molar-refractivity contribution >= 4 is 11.7 Å². The van der Waals surface area contributed by atoms with E-state index in [1.807, 2.05) is 0 Å². The second-order valence-corrected chi connectivity index (χ2v) is 5.83. The maximum absolute atomic E-state index is 11.3. The van der Waals surface area contributed by atoms with Gasteiger partial charge in [-0.05, 0) is 30.4 Å². The summed E-state index contributed by atoms with van der Waals surface area (Å²) in [6.07, 6.45) is 3.52. The number of aromatic nitrogens is 2. The molecule has 0 unspecified atom stereocenters. The number of unbranched alkanes of at least 4 members (excludes halogenated alkanes) is 1. The fraction of sp³-hybridized carbons (Fsp3) is 0.643. The lowest BCUT2D eigenvalue weighted by Crippen LogP contribution is -2.19. The molecule has 1 aromatic heterocycles. The van der Waals surface area contributed by atoms with Crippen LogP contribution in [0.3, 0.4) is 0 Å². The molecule has 1 heterocycles. The molecule has 19 heavy (non-hydrogen) atoms. The molecule has 5 nitrogen and oxygen atoms in total. The second-order valence-electron chi connectivity index (χ2n) is 5.83. The molecule has 0 saturated carbocycles. The van der Waals surface area contributed by atoms with E-state index in [1.54, 1.807) is 19.2 Å². The first-order valence-corrected chi connectivity index (χ1v) is 6.72. The Morgan fingerprint density at radius 1 is 1.21 bits per heavy atom. The Kier molecular flexibility index (Phi) is 5.73. The van der Waals surface area contributed by atoms with Gasteiger partial charge >= 0.3 is 0 Å². The minimum atomic E-state index is -0.218. The van der Waals surface area contributed by atoms with E-state index in [4.69, 9.17) is 0 Å². The average Bonchev–Trinajstić information content (AvgIpc) is 2.37. The molecular weight excluding hydrogens is 240 g/mol. The highest BCUT2D eigenvalue weighted by Crippen LogP contribution is 2.21. The topological polar surface area (TPSA) is 66.9 Å². The van der Waals surface area contributed by atoms with Crippen molar-refractivity contribution in [3.8, 4) is 0 Å². The largest absolute Gasteiger partial charge is 0.369 e. The van der Waals surface area contributed by atoms with Gasteiger partial charge < -0.3 is 10.6 Å². The third-order valence-electron chi connectivity index (χ3n) is 2.78. The van der Waals surface area contributed by atoms with Gasteiger partial charge in [0.1, 0.15) is 5.82 Å². The smallest absolute Gasteiger partial charge is 0.271 e. The summed E-state index contributed by atoms with van der Waals surface area (Å²) < 4.78 is 0. The number of carbonyl (C=O) groups excluding carboxylic acids is 1. The Balaban J connectivity index is 2.29. The van der Waals surface area contributed by atoms with Gasteiger partial charge in [0.05, 0.1) is 0 Å². The first-order chi connectivity index (χ1) is 8.92. The maximum Gasteiger partial charge on any atom is 0.271 e. The third kappa shape index (κ3) is 6.18. The Bertz CT molecular complexity index is 395. The first-order valence-electron chi connectivity index (χ1n) is 6.72. The summed E-state index contributed by atoms with van der Waals surface area (Å²) in [6.45, 7) is 7.64. The van der Waals surface area contributed by atoms with Crippen LogP contribution in [-0.4, -0.2) is 29.7 Å². The van der Waals surface area contributed by atoms with Crippen molar-refractivity contribution in [1.82, 2.24) is 15.5 Å². The van der Waals surface area contributed by atoms with Gasteiger partial charge in [-0.3, -0.25) is 4.79 Å². The highest BCUT2D eigenvalue weighted by molar-refractivity contribution is 5.91. The van der Waals surface area contributed by atoms with Crippen LogP contribution in [0.1, 0.15) is 50.5 Å². The fourth-order valence-corrected chi connectivity index (χ4v) is 1.67. The number of amides is 1. The van der Waals surface area contributed by atoms with Gasteiger partial charge in [0.25, 0.3) is 5.91 Å². The molecule has 0 atom stereocenters. The fourth-order valence-electron chi connectivity index (χ4n) is 1.67. The van der Waals surface area contributed by atoms with E-state index in [0.29, 0.717) is 16.9 Å². The summed E-state index contributed by atoms with van der Waals surface area (Å²) in [5, 5.41) is 13.6. The van der Waals surface area contributed by atoms with Gasteiger partial charge in [-0.25, -0.2) is 0 Å². The normalized spacial score (nSPS) is 11.2. The van der Waals surface area contributed by atoms with Crippen molar-refractivity contribution in [3.63, 3.8) is 0 Å². The van der Waals surface area contributed by atoms with Crippen molar-refractivity contribution in [3.05, 3.63) is 17.8 Å². The molecule has 106 valence electrons. The number of carbonyl (C=O) groups is 1. The number of nitrogens with zero attached hydrogens (tertiary/aromatic N) is 2. The second kappa shape index (κ2) is 7.07. The van der Waals surface area contributed by atoms with Crippen LogP contribution in [0.15, 0.2) is 12.1 Å². The molecule has 0 aliphatic rings. The lowest BCUT2D eigenvalue weighted by atomic mass is 9.90. The van der Waals surface area contributed by atoms with Crippen molar-refractivity contribution in [2.45, 2.75) is 40.0 Å². The predicted molar refractivity (Wildman–Crippen MR) is 77.2 cm³/mol. The molecule has 1 aromatic rings. The van der Waals surface area contributed by atoms with Crippen molar-refractivity contribution < 1.29 is 4.79 Å². The van der Waals surface area contributed by atoms with Crippen LogP contribution in [0.25, 0.3) is 0 Å². The summed E-state index contributed by atoms with van der Waals surface area (Å²) in [5.74, 6) is 0.493. The number of anilines is 1. The Morgan fingerprint density at radius 2 is 1.95 bits per heavy atom. The van der Waals surface area contributed by atoms with E-state index < -0.39 is 0 Å². The monoisotopic (exact) mass is 264 g/mol. The molecule has 0 aliphatic carbocycles. The molecule has 1 amide bonds. The number of hydrogen-bond acceptors (Lipinski definition) is 4. The van der Waals surface area contributed by atoms with Crippen LogP contribution in [0.4, 0.5) is 5.82 Å². The Morgan fingerprint density at radius 3 is 2.47 bits per heavy atom. The average molecular weight is 264 g/mol. The highest BCUT2D eigenvalue weighted by atomic mass is 16.1. The Labute approximate surface area is 115 Å².